The molecule has 0 aliphatic carbocycles. The monoisotopic (exact) mass is 878 g/mol. The summed E-state index contributed by atoms with van der Waals surface area (Å²) in [7, 11) is 5.83. The van der Waals surface area contributed by atoms with Crippen molar-refractivity contribution in [2.45, 2.75) is 176 Å². The Morgan fingerprint density at radius 1 is 0.550 bits per heavy atom. The van der Waals surface area contributed by atoms with E-state index in [1.54, 1.807) is 13.8 Å². The maximum absolute atomic E-state index is 11.0. The van der Waals surface area contributed by atoms with E-state index >= 15 is 0 Å². The zero-order valence-electron chi connectivity index (χ0n) is 36.7. The van der Waals surface area contributed by atoms with E-state index in [9.17, 15) is 30.0 Å². The van der Waals surface area contributed by atoms with Crippen molar-refractivity contribution in [2.24, 2.45) is 5.73 Å². The number of ether oxygens (including phenoxy) is 8. The minimum Gasteiger partial charge on any atom is -0.394 e. The summed E-state index contributed by atoms with van der Waals surface area (Å²) < 4.78 is 42.3. The van der Waals surface area contributed by atoms with Gasteiger partial charge in [0, 0.05) is 42.3 Å². The molecule has 22 nitrogen and oxygen atoms in total. The van der Waals surface area contributed by atoms with Gasteiger partial charge in [-0.2, -0.15) is 0 Å². The molecule has 4 rings (SSSR count). The Morgan fingerprint density at radius 3 is 1.15 bits per heavy atom. The standard InChI is InChI=1S/2C10H19NO5.2C9H19NO4/c2*1-5-8(11-6(2)13)9(14)10(15-3)7(4-12)16-5;2*1-3-5-7(10)8(12)9(13-2)6(4-11)14-5/h2*5,7-10,12,14H,4H2,1-3H3,(H,11,13);2*5-9,11-12H,3-4,10H2,1-2H3/p+1. The van der Waals surface area contributed by atoms with Gasteiger partial charge in [0.1, 0.15) is 85.4 Å². The van der Waals surface area contributed by atoms with E-state index in [-0.39, 0.29) is 68.7 Å². The van der Waals surface area contributed by atoms with Crippen molar-refractivity contribution in [2.75, 3.05) is 54.9 Å². The quantitative estimate of drug-likeness (QED) is 0.0869. The number of rotatable bonds is 12. The summed E-state index contributed by atoms with van der Waals surface area (Å²) in [5.41, 5.74) is 9.64. The molecule has 20 unspecified atom stereocenters. The van der Waals surface area contributed by atoms with Gasteiger partial charge < -0.3 is 101 Å². The van der Waals surface area contributed by atoms with Crippen molar-refractivity contribution in [1.29, 1.82) is 0 Å². The molecule has 2 amide bonds. The fraction of sp³-hybridized carbons (Fsp3) is 0.947. The highest BCUT2D eigenvalue weighted by Crippen LogP contribution is 2.26. The second-order valence-electron chi connectivity index (χ2n) is 15.2. The number of carbonyl (C=O) groups excluding carboxylic acids is 2. The molecule has 0 saturated carbocycles. The van der Waals surface area contributed by atoms with Crippen LogP contribution in [0.25, 0.3) is 0 Å². The van der Waals surface area contributed by atoms with Crippen molar-refractivity contribution in [3.8, 4) is 0 Å². The van der Waals surface area contributed by atoms with E-state index < -0.39 is 91.4 Å². The van der Waals surface area contributed by atoms with Crippen molar-refractivity contribution in [3.05, 3.63) is 0 Å². The van der Waals surface area contributed by atoms with Crippen molar-refractivity contribution in [3.63, 3.8) is 0 Å². The Morgan fingerprint density at radius 2 is 0.850 bits per heavy atom. The van der Waals surface area contributed by atoms with Gasteiger partial charge in [0.05, 0.1) is 62.9 Å². The fourth-order valence-corrected chi connectivity index (χ4v) is 7.81. The highest BCUT2D eigenvalue weighted by molar-refractivity contribution is 5.73. The van der Waals surface area contributed by atoms with Gasteiger partial charge in [0.15, 0.2) is 0 Å². The second-order valence-corrected chi connectivity index (χ2v) is 15.2. The summed E-state index contributed by atoms with van der Waals surface area (Å²) in [6.45, 7) is 9.35. The number of carbonyl (C=O) groups is 2. The van der Waals surface area contributed by atoms with E-state index in [2.05, 4.69) is 16.4 Å². The van der Waals surface area contributed by atoms with Crippen LogP contribution in [0, 0.1) is 0 Å². The number of nitrogens with two attached hydrogens (primary N) is 1. The van der Waals surface area contributed by atoms with Crippen LogP contribution < -0.4 is 22.1 Å². The topological polar surface area (TPSA) is 348 Å². The first-order chi connectivity index (χ1) is 28.3. The third kappa shape index (κ3) is 15.2. The summed E-state index contributed by atoms with van der Waals surface area (Å²) in [6, 6.07) is -1.70. The lowest BCUT2D eigenvalue weighted by Gasteiger charge is -2.42. The van der Waals surface area contributed by atoms with Gasteiger partial charge in [-0.1, -0.05) is 13.8 Å². The molecule has 0 aromatic carbocycles. The minimum atomic E-state index is -0.894. The molecule has 4 heterocycles. The summed E-state index contributed by atoms with van der Waals surface area (Å²) >= 11 is 0. The average Bonchev–Trinajstić information content (AvgIpc) is 3.22. The Kier molecular flexibility index (Phi) is 26.3. The third-order valence-electron chi connectivity index (χ3n) is 11.1. The largest absolute Gasteiger partial charge is 0.394 e. The van der Waals surface area contributed by atoms with Crippen LogP contribution in [0.4, 0.5) is 0 Å². The van der Waals surface area contributed by atoms with E-state index in [1.165, 1.54) is 42.3 Å². The first kappa shape index (κ1) is 56.2. The molecule has 0 aromatic rings. The van der Waals surface area contributed by atoms with Crippen LogP contribution in [0.5, 0.6) is 0 Å². The predicted molar refractivity (Wildman–Crippen MR) is 212 cm³/mol. The molecule has 4 aliphatic heterocycles. The Balaban J connectivity index is 0.000000401. The summed E-state index contributed by atoms with van der Waals surface area (Å²) in [4.78, 5) is 22.0. The van der Waals surface area contributed by atoms with E-state index in [0.29, 0.717) is 6.42 Å². The van der Waals surface area contributed by atoms with E-state index in [0.717, 1.165) is 6.42 Å². The number of hydrogen-bond donors (Lipinski definition) is 12. The SMILES string of the molecule is CCC1OC(CO)C(OC)C(O)C1N.CCC1OC(CO)C(OC)C(O)C1[NH3+].COC1C(CO)OC(C)C(NC(C)=O)C1O.COC1C(CO)OC(C)C(NC(C)=O)C1O. The summed E-state index contributed by atoms with van der Waals surface area (Å²) in [6.07, 6.45) is -7.19. The van der Waals surface area contributed by atoms with Gasteiger partial charge in [-0.15, -0.1) is 0 Å². The van der Waals surface area contributed by atoms with Gasteiger partial charge >= 0.3 is 0 Å². The molecule has 0 aromatic heterocycles. The molecule has 0 radical (unpaired) electrons. The number of quaternary nitrogens is 1. The highest BCUT2D eigenvalue weighted by Gasteiger charge is 2.47. The summed E-state index contributed by atoms with van der Waals surface area (Å²) in [5, 5.41) is 81.2. The Bertz CT molecular complexity index is 1110. The lowest BCUT2D eigenvalue weighted by atomic mass is 9.92. The molecule has 0 bridgehead atoms. The lowest BCUT2D eigenvalue weighted by Crippen LogP contribution is -2.77. The highest BCUT2D eigenvalue weighted by atomic mass is 16.6. The number of amides is 2. The van der Waals surface area contributed by atoms with Crippen LogP contribution in [0.3, 0.4) is 0 Å². The van der Waals surface area contributed by atoms with Gasteiger partial charge in [-0.25, -0.2) is 0 Å². The van der Waals surface area contributed by atoms with Crippen LogP contribution in [0.15, 0.2) is 0 Å². The van der Waals surface area contributed by atoms with Gasteiger partial charge in [0.2, 0.25) is 11.8 Å². The van der Waals surface area contributed by atoms with Crippen LogP contribution in [-0.2, 0) is 47.5 Å². The number of aliphatic hydroxyl groups excluding tert-OH is 8. The van der Waals surface area contributed by atoms with Crippen molar-refractivity contribution in [1.82, 2.24) is 10.6 Å². The van der Waals surface area contributed by atoms with Crippen LogP contribution in [0.1, 0.15) is 54.4 Å². The van der Waals surface area contributed by atoms with Gasteiger partial charge in [-0.05, 0) is 26.7 Å². The predicted octanol–water partition coefficient (Wildman–Crippen LogP) is -5.71. The molecular formula is C38H77N4O18+. The summed E-state index contributed by atoms with van der Waals surface area (Å²) in [5.74, 6) is -0.478. The number of nitrogens with one attached hydrogen (secondary N) is 2. The molecular weight excluding hydrogens is 800 g/mol. The van der Waals surface area contributed by atoms with Crippen molar-refractivity contribution < 1.29 is 94.1 Å². The zero-order chi connectivity index (χ0) is 46.0. The Hall–Kier alpha value is -1.78. The molecule has 22 heteroatoms. The third-order valence-corrected chi connectivity index (χ3v) is 11.1. The maximum atomic E-state index is 11.0. The zero-order valence-corrected chi connectivity index (χ0v) is 36.7. The number of aliphatic hydroxyl groups is 8. The van der Waals surface area contributed by atoms with E-state index in [1.807, 2.05) is 13.8 Å². The van der Waals surface area contributed by atoms with Crippen LogP contribution in [-0.4, -0.2) is 229 Å². The smallest absolute Gasteiger partial charge is 0.217 e. The van der Waals surface area contributed by atoms with Gasteiger partial charge in [0.25, 0.3) is 0 Å². The molecule has 15 N–H and O–H groups in total. The normalized spacial score (nSPS) is 41.5. The molecule has 4 aliphatic rings. The van der Waals surface area contributed by atoms with E-state index in [4.69, 9.17) is 64.1 Å². The molecule has 60 heavy (non-hydrogen) atoms. The molecule has 20 atom stereocenters. The first-order valence-corrected chi connectivity index (χ1v) is 20.3. The minimum absolute atomic E-state index is 0.103. The fourth-order valence-electron chi connectivity index (χ4n) is 7.81. The maximum Gasteiger partial charge on any atom is 0.217 e. The lowest BCUT2D eigenvalue weighted by molar-refractivity contribution is -0.477. The molecule has 4 saturated heterocycles. The average molecular weight is 878 g/mol. The van der Waals surface area contributed by atoms with Crippen LogP contribution >= 0.6 is 0 Å². The van der Waals surface area contributed by atoms with Gasteiger partial charge in [-0.3, -0.25) is 9.59 Å². The van der Waals surface area contributed by atoms with Crippen molar-refractivity contribution >= 4 is 11.8 Å². The molecule has 4 fully saturated rings. The first-order valence-electron chi connectivity index (χ1n) is 20.3. The second kappa shape index (κ2) is 28.1. The molecule has 356 valence electrons. The van der Waals surface area contributed by atoms with Crippen LogP contribution in [0.2, 0.25) is 0 Å². The number of methoxy groups -OCH3 is 4. The number of hydrogen-bond acceptors (Lipinski definition) is 19. The Labute approximate surface area is 353 Å². The molecule has 0 spiro atoms.